The smallest absolute Gasteiger partial charge is 0.338 e. The van der Waals surface area contributed by atoms with Crippen molar-refractivity contribution in [2.75, 3.05) is 22.1 Å². The Morgan fingerprint density at radius 3 is 2.47 bits per heavy atom. The van der Waals surface area contributed by atoms with E-state index in [4.69, 9.17) is 4.74 Å². The highest BCUT2D eigenvalue weighted by atomic mass is 19.2. The topological polar surface area (TPSA) is 87.7 Å². The lowest BCUT2D eigenvalue weighted by Crippen LogP contribution is -2.53. The van der Waals surface area contributed by atoms with Crippen molar-refractivity contribution in [3.8, 4) is 0 Å². The Labute approximate surface area is 194 Å². The number of rotatable bonds is 5. The molecule has 7 nitrogen and oxygen atoms in total. The van der Waals surface area contributed by atoms with Crippen molar-refractivity contribution >= 4 is 35.0 Å². The Balaban J connectivity index is 1.62. The molecule has 0 radical (unpaired) electrons. The molecule has 1 aliphatic rings. The SMILES string of the molecule is CCOC(=O)c1ccc(NC(=O)N2c3ccccc3NC(=O)[C@H]2Cc2ccc(F)c(F)c2)cc1. The van der Waals surface area contributed by atoms with Crippen LogP contribution < -0.4 is 15.5 Å². The number of amides is 3. The van der Waals surface area contributed by atoms with Gasteiger partial charge in [0.1, 0.15) is 6.04 Å². The third-order valence-electron chi connectivity index (χ3n) is 5.31. The van der Waals surface area contributed by atoms with E-state index < -0.39 is 35.6 Å². The van der Waals surface area contributed by atoms with Crippen LogP contribution >= 0.6 is 0 Å². The van der Waals surface area contributed by atoms with Crippen LogP contribution in [0.15, 0.2) is 66.7 Å². The van der Waals surface area contributed by atoms with Crippen LogP contribution in [0.4, 0.5) is 30.6 Å². The van der Waals surface area contributed by atoms with E-state index >= 15 is 0 Å². The van der Waals surface area contributed by atoms with Crippen molar-refractivity contribution < 1.29 is 27.9 Å². The van der Waals surface area contributed by atoms with E-state index in [1.54, 1.807) is 43.3 Å². The molecular formula is C25H21F2N3O4. The first-order valence-electron chi connectivity index (χ1n) is 10.6. The minimum Gasteiger partial charge on any atom is -0.462 e. The van der Waals surface area contributed by atoms with Gasteiger partial charge in [0.25, 0.3) is 0 Å². The number of hydrogen-bond donors (Lipinski definition) is 2. The summed E-state index contributed by atoms with van der Waals surface area (Å²) >= 11 is 0. The van der Waals surface area contributed by atoms with E-state index in [0.29, 0.717) is 28.2 Å². The van der Waals surface area contributed by atoms with Gasteiger partial charge in [0.15, 0.2) is 11.6 Å². The number of carbonyl (C=O) groups is 3. The molecule has 1 atom stereocenters. The van der Waals surface area contributed by atoms with E-state index in [1.165, 1.54) is 23.1 Å². The first-order chi connectivity index (χ1) is 16.4. The van der Waals surface area contributed by atoms with E-state index in [1.807, 2.05) is 0 Å². The van der Waals surface area contributed by atoms with Gasteiger partial charge in [-0.25, -0.2) is 18.4 Å². The van der Waals surface area contributed by atoms with Gasteiger partial charge in [-0.1, -0.05) is 18.2 Å². The number of nitrogens with one attached hydrogen (secondary N) is 2. The van der Waals surface area contributed by atoms with Crippen molar-refractivity contribution in [2.45, 2.75) is 19.4 Å². The number of fused-ring (bicyclic) bond motifs is 1. The van der Waals surface area contributed by atoms with Crippen molar-refractivity contribution in [3.63, 3.8) is 0 Å². The molecule has 174 valence electrons. The molecular weight excluding hydrogens is 444 g/mol. The summed E-state index contributed by atoms with van der Waals surface area (Å²) in [4.78, 5) is 39.4. The molecule has 2 N–H and O–H groups in total. The quantitative estimate of drug-likeness (QED) is 0.533. The van der Waals surface area contributed by atoms with Crippen LogP contribution in [-0.2, 0) is 16.0 Å². The lowest BCUT2D eigenvalue weighted by molar-refractivity contribution is -0.117. The zero-order chi connectivity index (χ0) is 24.2. The second-order valence-corrected chi connectivity index (χ2v) is 7.57. The molecule has 0 spiro atoms. The molecule has 34 heavy (non-hydrogen) atoms. The number of nitrogens with zero attached hydrogens (tertiary/aromatic N) is 1. The largest absolute Gasteiger partial charge is 0.462 e. The van der Waals surface area contributed by atoms with Crippen molar-refractivity contribution in [2.24, 2.45) is 0 Å². The summed E-state index contributed by atoms with van der Waals surface area (Å²) in [5.74, 6) is -2.97. The number of esters is 1. The van der Waals surface area contributed by atoms with Crippen molar-refractivity contribution in [1.29, 1.82) is 0 Å². The number of urea groups is 1. The first kappa shape index (κ1) is 22.9. The van der Waals surface area contributed by atoms with Crippen LogP contribution in [0.25, 0.3) is 0 Å². The second-order valence-electron chi connectivity index (χ2n) is 7.57. The van der Waals surface area contributed by atoms with E-state index in [-0.39, 0.29) is 13.0 Å². The molecule has 1 heterocycles. The highest BCUT2D eigenvalue weighted by Crippen LogP contribution is 2.33. The van der Waals surface area contributed by atoms with Crippen molar-refractivity contribution in [1.82, 2.24) is 0 Å². The summed E-state index contributed by atoms with van der Waals surface area (Å²) in [5, 5.41) is 5.49. The Morgan fingerprint density at radius 2 is 1.76 bits per heavy atom. The fraction of sp³-hybridized carbons (Fsp3) is 0.160. The van der Waals surface area contributed by atoms with Gasteiger partial charge >= 0.3 is 12.0 Å². The molecule has 0 saturated heterocycles. The van der Waals surface area contributed by atoms with Crippen LogP contribution in [0.1, 0.15) is 22.8 Å². The Hall–Kier alpha value is -4.27. The van der Waals surface area contributed by atoms with Crippen LogP contribution in [0, 0.1) is 11.6 Å². The molecule has 0 aliphatic carbocycles. The summed E-state index contributed by atoms with van der Waals surface area (Å²) in [6.45, 7) is 1.95. The average molecular weight is 465 g/mol. The van der Waals surface area contributed by atoms with Crippen LogP contribution in [0.3, 0.4) is 0 Å². The maximum absolute atomic E-state index is 13.7. The molecule has 1 aliphatic heterocycles. The van der Waals surface area contributed by atoms with E-state index in [9.17, 15) is 23.2 Å². The monoisotopic (exact) mass is 465 g/mol. The standard InChI is InChI=1S/C25H21F2N3O4/c1-2-34-24(32)16-8-10-17(11-9-16)28-25(33)30-21-6-4-3-5-20(21)29-23(31)22(30)14-15-7-12-18(26)19(27)13-15/h3-13,22H,2,14H2,1H3,(H,28,33)(H,29,31)/t22-/m1/s1. The number of para-hydroxylation sites is 2. The molecule has 3 aromatic rings. The third-order valence-corrected chi connectivity index (χ3v) is 5.31. The second kappa shape index (κ2) is 9.70. The lowest BCUT2D eigenvalue weighted by atomic mass is 10.00. The predicted octanol–water partition coefficient (Wildman–Crippen LogP) is 4.74. The van der Waals surface area contributed by atoms with E-state index in [2.05, 4.69) is 10.6 Å². The molecule has 4 rings (SSSR count). The molecule has 0 saturated carbocycles. The van der Waals surface area contributed by atoms with Gasteiger partial charge in [-0.2, -0.15) is 0 Å². The molecule has 3 aromatic carbocycles. The minimum absolute atomic E-state index is 0.0351. The summed E-state index contributed by atoms with van der Waals surface area (Å²) in [5.41, 5.74) is 1.99. The van der Waals surface area contributed by atoms with Crippen LogP contribution in [-0.4, -0.2) is 30.6 Å². The Kier molecular flexibility index (Phi) is 6.53. The molecule has 9 heteroatoms. The van der Waals surface area contributed by atoms with Gasteiger partial charge in [0.2, 0.25) is 5.91 Å². The zero-order valence-electron chi connectivity index (χ0n) is 18.2. The van der Waals surface area contributed by atoms with Crippen molar-refractivity contribution in [3.05, 3.63) is 89.5 Å². The molecule has 0 fully saturated rings. The maximum Gasteiger partial charge on any atom is 0.338 e. The number of ether oxygens (including phenoxy) is 1. The molecule has 0 unspecified atom stereocenters. The highest BCUT2D eigenvalue weighted by molar-refractivity contribution is 6.14. The molecule has 0 bridgehead atoms. The number of hydrogen-bond acceptors (Lipinski definition) is 4. The van der Waals surface area contributed by atoms with Gasteiger partial charge in [-0.05, 0) is 61.0 Å². The average Bonchev–Trinajstić information content (AvgIpc) is 2.82. The van der Waals surface area contributed by atoms with E-state index in [0.717, 1.165) is 12.1 Å². The van der Waals surface area contributed by atoms with Crippen LogP contribution in [0.5, 0.6) is 0 Å². The first-order valence-corrected chi connectivity index (χ1v) is 10.6. The van der Waals surface area contributed by atoms with Gasteiger partial charge in [-0.3, -0.25) is 9.69 Å². The summed E-state index contributed by atoms with van der Waals surface area (Å²) < 4.78 is 32.1. The van der Waals surface area contributed by atoms with Gasteiger partial charge in [0, 0.05) is 12.1 Å². The lowest BCUT2D eigenvalue weighted by Gasteiger charge is -2.36. The Bertz CT molecular complexity index is 1250. The van der Waals surface area contributed by atoms with Gasteiger partial charge in [-0.15, -0.1) is 0 Å². The zero-order valence-corrected chi connectivity index (χ0v) is 18.2. The molecule has 3 amide bonds. The normalized spacial score (nSPS) is 14.7. The fourth-order valence-electron chi connectivity index (χ4n) is 3.70. The number of benzene rings is 3. The summed E-state index contributed by atoms with van der Waals surface area (Å²) in [6.07, 6.45) is -0.0351. The summed E-state index contributed by atoms with van der Waals surface area (Å²) in [6, 6.07) is 14.7. The predicted molar refractivity (Wildman–Crippen MR) is 123 cm³/mol. The van der Waals surface area contributed by atoms with Gasteiger partial charge < -0.3 is 15.4 Å². The highest BCUT2D eigenvalue weighted by Gasteiger charge is 2.37. The number of carbonyl (C=O) groups excluding carboxylic acids is 3. The Morgan fingerprint density at radius 1 is 1.03 bits per heavy atom. The minimum atomic E-state index is -1.04. The van der Waals surface area contributed by atoms with Crippen LogP contribution in [0.2, 0.25) is 0 Å². The van der Waals surface area contributed by atoms with Gasteiger partial charge in [0.05, 0.1) is 23.5 Å². The maximum atomic E-state index is 13.7. The number of anilines is 3. The summed E-state index contributed by atoms with van der Waals surface area (Å²) in [7, 11) is 0. The molecule has 0 aromatic heterocycles. The fourth-order valence-corrected chi connectivity index (χ4v) is 3.70. The third kappa shape index (κ3) is 4.73. The number of halogens is 2.